The van der Waals surface area contributed by atoms with Gasteiger partial charge in [-0.05, 0) is 6.07 Å². The second-order valence-corrected chi connectivity index (χ2v) is 3.20. The molecule has 0 saturated heterocycles. The number of esters is 1. The van der Waals surface area contributed by atoms with Crippen LogP contribution in [0, 0.1) is 17.5 Å². The number of ether oxygens (including phenoxy) is 3. The molecule has 0 N–H and O–H groups in total. The van der Waals surface area contributed by atoms with E-state index in [9.17, 15) is 18.0 Å². The smallest absolute Gasteiger partial charge is 0.341 e. The maximum atomic E-state index is 13.6. The van der Waals surface area contributed by atoms with E-state index in [2.05, 4.69) is 14.2 Å². The first kappa shape index (κ1) is 14.3. The van der Waals surface area contributed by atoms with Gasteiger partial charge in [0.25, 0.3) is 0 Å². The van der Waals surface area contributed by atoms with Crippen LogP contribution in [0.25, 0.3) is 0 Å². The van der Waals surface area contributed by atoms with Gasteiger partial charge in [0, 0.05) is 7.11 Å². The van der Waals surface area contributed by atoms with Gasteiger partial charge in [-0.15, -0.1) is 0 Å². The lowest BCUT2D eigenvalue weighted by atomic mass is 10.2. The van der Waals surface area contributed by atoms with Crippen LogP contribution in [0.1, 0.15) is 10.4 Å². The number of hydrogen-bond donors (Lipinski definition) is 0. The van der Waals surface area contributed by atoms with Crippen molar-refractivity contribution in [3.8, 4) is 5.75 Å². The molecule has 1 rings (SSSR count). The summed E-state index contributed by atoms with van der Waals surface area (Å²) < 4.78 is 53.4. The van der Waals surface area contributed by atoms with Gasteiger partial charge in [0.05, 0.1) is 13.7 Å². The SMILES string of the molecule is COCCOC(=O)c1cc(F)c(F)c(OC)c1F. The van der Waals surface area contributed by atoms with Crippen LogP contribution in [0.4, 0.5) is 13.2 Å². The Kier molecular flexibility index (Phi) is 4.96. The average Bonchev–Trinajstić information content (AvgIpc) is 2.34. The van der Waals surface area contributed by atoms with Crippen LogP contribution in [-0.4, -0.2) is 33.4 Å². The fourth-order valence-corrected chi connectivity index (χ4v) is 1.20. The molecule has 0 aromatic heterocycles. The largest absolute Gasteiger partial charge is 0.491 e. The first-order chi connectivity index (χ1) is 8.52. The van der Waals surface area contributed by atoms with Crippen molar-refractivity contribution in [2.45, 2.75) is 0 Å². The summed E-state index contributed by atoms with van der Waals surface area (Å²) >= 11 is 0. The summed E-state index contributed by atoms with van der Waals surface area (Å²) in [5.41, 5.74) is -0.734. The predicted octanol–water partition coefficient (Wildman–Crippen LogP) is 1.92. The Morgan fingerprint density at radius 1 is 1.17 bits per heavy atom. The van der Waals surface area contributed by atoms with Gasteiger partial charge >= 0.3 is 5.97 Å². The van der Waals surface area contributed by atoms with Crippen LogP contribution in [0.5, 0.6) is 5.75 Å². The average molecular weight is 264 g/mol. The van der Waals surface area contributed by atoms with E-state index in [1.807, 2.05) is 0 Å². The Morgan fingerprint density at radius 2 is 1.83 bits per heavy atom. The first-order valence-corrected chi connectivity index (χ1v) is 4.90. The van der Waals surface area contributed by atoms with Gasteiger partial charge in [-0.1, -0.05) is 0 Å². The standard InChI is InChI=1S/C11H11F3O4/c1-16-3-4-18-11(15)6-5-7(12)9(14)10(17-2)8(6)13/h5H,3-4H2,1-2H3. The Balaban J connectivity index is 3.02. The van der Waals surface area contributed by atoms with Crippen LogP contribution in [0.3, 0.4) is 0 Å². The summed E-state index contributed by atoms with van der Waals surface area (Å²) in [6, 6.07) is 0.419. The minimum atomic E-state index is -1.50. The van der Waals surface area contributed by atoms with Crippen molar-refractivity contribution in [1.82, 2.24) is 0 Å². The van der Waals surface area contributed by atoms with Crippen molar-refractivity contribution >= 4 is 5.97 Å². The molecule has 1 aromatic carbocycles. The molecule has 0 aliphatic heterocycles. The van der Waals surface area contributed by atoms with Crippen molar-refractivity contribution < 1.29 is 32.2 Å². The van der Waals surface area contributed by atoms with E-state index in [1.165, 1.54) is 7.11 Å². The summed E-state index contributed by atoms with van der Waals surface area (Å²) in [6.07, 6.45) is 0. The molecule has 0 atom stereocenters. The number of benzene rings is 1. The number of halogens is 3. The minimum absolute atomic E-state index is 0.105. The predicted molar refractivity (Wildman–Crippen MR) is 55.0 cm³/mol. The van der Waals surface area contributed by atoms with E-state index in [4.69, 9.17) is 0 Å². The van der Waals surface area contributed by atoms with Gasteiger partial charge in [0.2, 0.25) is 5.82 Å². The van der Waals surface area contributed by atoms with E-state index in [1.54, 1.807) is 0 Å². The monoisotopic (exact) mass is 264 g/mol. The van der Waals surface area contributed by atoms with E-state index in [-0.39, 0.29) is 13.2 Å². The lowest BCUT2D eigenvalue weighted by molar-refractivity contribution is 0.0381. The van der Waals surface area contributed by atoms with Gasteiger partial charge in [0.15, 0.2) is 17.4 Å². The zero-order valence-electron chi connectivity index (χ0n) is 9.76. The maximum absolute atomic E-state index is 13.6. The molecule has 4 nitrogen and oxygen atoms in total. The molecule has 0 aliphatic carbocycles. The number of carbonyl (C=O) groups excluding carboxylic acids is 1. The normalized spacial score (nSPS) is 10.3. The van der Waals surface area contributed by atoms with Crippen LogP contribution in [0.15, 0.2) is 6.07 Å². The zero-order valence-corrected chi connectivity index (χ0v) is 9.76. The second-order valence-electron chi connectivity index (χ2n) is 3.20. The molecule has 18 heavy (non-hydrogen) atoms. The number of carbonyl (C=O) groups is 1. The molecule has 0 saturated carbocycles. The number of hydrogen-bond acceptors (Lipinski definition) is 4. The third-order valence-electron chi connectivity index (χ3n) is 2.06. The quantitative estimate of drug-likeness (QED) is 0.463. The highest BCUT2D eigenvalue weighted by molar-refractivity contribution is 5.90. The molecule has 0 spiro atoms. The van der Waals surface area contributed by atoms with Crippen LogP contribution < -0.4 is 4.74 Å². The first-order valence-electron chi connectivity index (χ1n) is 4.90. The molecule has 0 fully saturated rings. The molecule has 0 radical (unpaired) electrons. The summed E-state index contributed by atoms with van der Waals surface area (Å²) in [6.45, 7) is -0.0236. The summed E-state index contributed by atoms with van der Waals surface area (Å²) in [5.74, 6) is -6.29. The van der Waals surface area contributed by atoms with E-state index in [0.29, 0.717) is 6.07 Å². The van der Waals surface area contributed by atoms with E-state index >= 15 is 0 Å². The van der Waals surface area contributed by atoms with Crippen LogP contribution in [0.2, 0.25) is 0 Å². The van der Waals surface area contributed by atoms with Crippen LogP contribution in [-0.2, 0) is 9.47 Å². The Hall–Kier alpha value is -1.76. The zero-order chi connectivity index (χ0) is 13.7. The van der Waals surface area contributed by atoms with E-state index in [0.717, 1.165) is 7.11 Å². The summed E-state index contributed by atoms with van der Waals surface area (Å²) in [4.78, 5) is 11.4. The lowest BCUT2D eigenvalue weighted by Gasteiger charge is -2.09. The highest BCUT2D eigenvalue weighted by Crippen LogP contribution is 2.27. The third-order valence-corrected chi connectivity index (χ3v) is 2.06. The van der Waals surface area contributed by atoms with Crippen molar-refractivity contribution in [3.05, 3.63) is 29.1 Å². The summed E-state index contributed by atoms with van der Waals surface area (Å²) in [5, 5.41) is 0. The summed E-state index contributed by atoms with van der Waals surface area (Å²) in [7, 11) is 2.34. The van der Waals surface area contributed by atoms with Gasteiger partial charge in [-0.2, -0.15) is 4.39 Å². The van der Waals surface area contributed by atoms with E-state index < -0.39 is 34.7 Å². The maximum Gasteiger partial charge on any atom is 0.341 e. The number of methoxy groups -OCH3 is 2. The molecule has 1 aromatic rings. The Labute approximate surface area is 101 Å². The van der Waals surface area contributed by atoms with Crippen molar-refractivity contribution in [3.63, 3.8) is 0 Å². The van der Waals surface area contributed by atoms with Gasteiger partial charge in [0.1, 0.15) is 12.2 Å². The second kappa shape index (κ2) is 6.25. The fraction of sp³-hybridized carbons (Fsp3) is 0.364. The highest BCUT2D eigenvalue weighted by Gasteiger charge is 2.24. The molecule has 0 bridgehead atoms. The van der Waals surface area contributed by atoms with Crippen molar-refractivity contribution in [2.24, 2.45) is 0 Å². The lowest BCUT2D eigenvalue weighted by Crippen LogP contribution is -2.13. The molecule has 100 valence electrons. The van der Waals surface area contributed by atoms with Crippen molar-refractivity contribution in [1.29, 1.82) is 0 Å². The molecule has 7 heteroatoms. The molecule has 0 aliphatic rings. The molecule has 0 unspecified atom stereocenters. The van der Waals surface area contributed by atoms with Crippen LogP contribution >= 0.6 is 0 Å². The third kappa shape index (κ3) is 2.92. The molecule has 0 amide bonds. The topological polar surface area (TPSA) is 44.8 Å². The Bertz CT molecular complexity index is 448. The molecular weight excluding hydrogens is 253 g/mol. The fourth-order valence-electron chi connectivity index (χ4n) is 1.20. The van der Waals surface area contributed by atoms with Gasteiger partial charge in [-0.3, -0.25) is 0 Å². The number of rotatable bonds is 5. The Morgan fingerprint density at radius 3 is 2.39 bits per heavy atom. The van der Waals surface area contributed by atoms with Gasteiger partial charge in [-0.25, -0.2) is 13.6 Å². The molecule has 0 heterocycles. The van der Waals surface area contributed by atoms with Gasteiger partial charge < -0.3 is 14.2 Å². The minimum Gasteiger partial charge on any atom is -0.491 e. The van der Waals surface area contributed by atoms with Crippen molar-refractivity contribution in [2.75, 3.05) is 27.4 Å². The highest BCUT2D eigenvalue weighted by atomic mass is 19.2. The molecular formula is C11H11F3O4.